The number of nitrogens with zero attached hydrogens (tertiary/aromatic N) is 5. The van der Waals surface area contributed by atoms with E-state index in [0.29, 0.717) is 5.92 Å². The maximum Gasteiger partial charge on any atom is 0.137 e. The molecule has 25 heavy (non-hydrogen) atoms. The second kappa shape index (κ2) is 6.23. The Hall–Kier alpha value is -2.27. The molecule has 130 valence electrons. The minimum absolute atomic E-state index is 0.382. The van der Waals surface area contributed by atoms with Crippen LogP contribution in [-0.2, 0) is 19.5 Å². The van der Waals surface area contributed by atoms with Crippen LogP contribution < -0.4 is 0 Å². The van der Waals surface area contributed by atoms with Gasteiger partial charge in [-0.3, -0.25) is 4.90 Å². The van der Waals surface area contributed by atoms with Crippen LogP contribution in [0.4, 0.5) is 0 Å². The third-order valence-corrected chi connectivity index (χ3v) is 4.99. The van der Waals surface area contributed by atoms with E-state index in [4.69, 9.17) is 9.97 Å². The lowest BCUT2D eigenvalue weighted by molar-refractivity contribution is 0.238. The molecule has 5 heteroatoms. The summed E-state index contributed by atoms with van der Waals surface area (Å²) in [7, 11) is 0. The third kappa shape index (κ3) is 3.04. The predicted octanol–water partition coefficient (Wildman–Crippen LogP) is 3.42. The predicted molar refractivity (Wildman–Crippen MR) is 98.6 cm³/mol. The summed E-state index contributed by atoms with van der Waals surface area (Å²) in [5, 5.41) is 0. The van der Waals surface area contributed by atoms with Crippen LogP contribution >= 0.6 is 0 Å². The van der Waals surface area contributed by atoms with Crippen molar-refractivity contribution in [1.82, 2.24) is 24.3 Å². The van der Waals surface area contributed by atoms with Gasteiger partial charge in [-0.2, -0.15) is 0 Å². The quantitative estimate of drug-likeness (QED) is 0.736. The number of pyridine rings is 1. The topological polar surface area (TPSA) is 46.3 Å². The summed E-state index contributed by atoms with van der Waals surface area (Å²) in [6.45, 7) is 11.4. The first-order valence-corrected chi connectivity index (χ1v) is 9.02. The molecule has 1 aliphatic heterocycles. The Morgan fingerprint density at radius 1 is 1.16 bits per heavy atom. The summed E-state index contributed by atoms with van der Waals surface area (Å²) in [6.07, 6.45) is 5.20. The van der Waals surface area contributed by atoms with E-state index in [0.717, 1.165) is 43.2 Å². The third-order valence-electron chi connectivity index (χ3n) is 4.99. The molecule has 3 aromatic heterocycles. The highest BCUT2D eigenvalue weighted by Gasteiger charge is 2.21. The lowest BCUT2D eigenvalue weighted by Gasteiger charge is -2.28. The molecule has 0 N–H and O–H groups in total. The summed E-state index contributed by atoms with van der Waals surface area (Å²) in [6, 6.07) is 4.21. The summed E-state index contributed by atoms with van der Waals surface area (Å²) in [5.41, 5.74) is 7.16. The summed E-state index contributed by atoms with van der Waals surface area (Å²) >= 11 is 0. The van der Waals surface area contributed by atoms with Crippen LogP contribution in [0.25, 0.3) is 5.65 Å². The van der Waals surface area contributed by atoms with Crippen LogP contribution in [0.5, 0.6) is 0 Å². The first-order valence-electron chi connectivity index (χ1n) is 9.02. The van der Waals surface area contributed by atoms with Gasteiger partial charge in [0.25, 0.3) is 0 Å². The molecule has 0 atom stereocenters. The maximum atomic E-state index is 4.77. The first kappa shape index (κ1) is 16.2. The fourth-order valence-corrected chi connectivity index (χ4v) is 3.52. The average molecular weight is 335 g/mol. The fraction of sp³-hybridized carbons (Fsp3) is 0.450. The van der Waals surface area contributed by atoms with Crippen molar-refractivity contribution in [2.24, 2.45) is 0 Å². The summed E-state index contributed by atoms with van der Waals surface area (Å²) < 4.78 is 2.23. The van der Waals surface area contributed by atoms with Crippen molar-refractivity contribution >= 4 is 5.65 Å². The normalized spacial score (nSPS) is 15.1. The molecule has 1 aliphatic rings. The zero-order chi connectivity index (χ0) is 17.6. The van der Waals surface area contributed by atoms with Crippen molar-refractivity contribution in [3.63, 3.8) is 0 Å². The van der Waals surface area contributed by atoms with Gasteiger partial charge in [-0.15, -0.1) is 0 Å². The fourth-order valence-electron chi connectivity index (χ4n) is 3.52. The Morgan fingerprint density at radius 3 is 2.80 bits per heavy atom. The van der Waals surface area contributed by atoms with Crippen molar-refractivity contribution in [2.45, 2.75) is 53.1 Å². The lowest BCUT2D eigenvalue weighted by atomic mass is 10.1. The zero-order valence-corrected chi connectivity index (χ0v) is 15.5. The number of rotatable bonds is 3. The van der Waals surface area contributed by atoms with Gasteiger partial charge in [-0.1, -0.05) is 19.9 Å². The second-order valence-electron chi connectivity index (χ2n) is 7.39. The molecule has 3 aromatic rings. The SMILES string of the molecule is Cc1ccc2nc(C)c(CN3CCc4nc(C(C)C)ncc4C3)n2c1. The van der Waals surface area contributed by atoms with Gasteiger partial charge in [-0.05, 0) is 25.5 Å². The van der Waals surface area contributed by atoms with Crippen molar-refractivity contribution in [1.29, 1.82) is 0 Å². The van der Waals surface area contributed by atoms with Gasteiger partial charge in [0.2, 0.25) is 0 Å². The average Bonchev–Trinajstić information content (AvgIpc) is 2.89. The van der Waals surface area contributed by atoms with E-state index < -0.39 is 0 Å². The van der Waals surface area contributed by atoms with Crippen LogP contribution in [0.2, 0.25) is 0 Å². The summed E-state index contributed by atoms with van der Waals surface area (Å²) in [5.74, 6) is 1.34. The zero-order valence-electron chi connectivity index (χ0n) is 15.5. The maximum absolute atomic E-state index is 4.77. The van der Waals surface area contributed by atoms with E-state index in [1.807, 2.05) is 6.20 Å². The summed E-state index contributed by atoms with van der Waals surface area (Å²) in [4.78, 5) is 16.5. The van der Waals surface area contributed by atoms with Crippen LogP contribution in [0.15, 0.2) is 24.5 Å². The minimum Gasteiger partial charge on any atom is -0.302 e. The van der Waals surface area contributed by atoms with Crippen molar-refractivity contribution in [3.8, 4) is 0 Å². The number of fused-ring (bicyclic) bond motifs is 2. The number of aryl methyl sites for hydroxylation is 2. The number of hydrogen-bond acceptors (Lipinski definition) is 4. The monoisotopic (exact) mass is 335 g/mol. The molecule has 5 nitrogen and oxygen atoms in total. The highest BCUT2D eigenvalue weighted by Crippen LogP contribution is 2.22. The smallest absolute Gasteiger partial charge is 0.137 e. The van der Waals surface area contributed by atoms with E-state index >= 15 is 0 Å². The Balaban J connectivity index is 1.59. The largest absolute Gasteiger partial charge is 0.302 e. The second-order valence-corrected chi connectivity index (χ2v) is 7.39. The molecule has 0 saturated heterocycles. The van der Waals surface area contributed by atoms with E-state index in [9.17, 15) is 0 Å². The molecule has 0 fully saturated rings. The number of hydrogen-bond donors (Lipinski definition) is 0. The van der Waals surface area contributed by atoms with Crippen LogP contribution in [0.1, 0.15) is 53.8 Å². The molecule has 0 amide bonds. The Kier molecular flexibility index (Phi) is 4.04. The molecular weight excluding hydrogens is 310 g/mol. The van der Waals surface area contributed by atoms with Crippen LogP contribution in [0, 0.1) is 13.8 Å². The van der Waals surface area contributed by atoms with Gasteiger partial charge in [0.05, 0.1) is 11.4 Å². The van der Waals surface area contributed by atoms with Gasteiger partial charge in [0, 0.05) is 55.6 Å². The van der Waals surface area contributed by atoms with E-state index in [1.54, 1.807) is 0 Å². The molecule has 0 aromatic carbocycles. The number of aromatic nitrogens is 4. The van der Waals surface area contributed by atoms with Gasteiger partial charge in [0.15, 0.2) is 0 Å². The Morgan fingerprint density at radius 2 is 2.00 bits per heavy atom. The molecule has 0 saturated carbocycles. The number of imidazole rings is 1. The Labute approximate surface area is 148 Å². The van der Waals surface area contributed by atoms with Gasteiger partial charge in [0.1, 0.15) is 11.5 Å². The van der Waals surface area contributed by atoms with E-state index in [1.165, 1.54) is 22.5 Å². The van der Waals surface area contributed by atoms with Gasteiger partial charge >= 0.3 is 0 Å². The molecular formula is C20H25N5. The minimum atomic E-state index is 0.382. The lowest BCUT2D eigenvalue weighted by Crippen LogP contribution is -2.31. The van der Waals surface area contributed by atoms with E-state index in [2.05, 4.69) is 60.3 Å². The van der Waals surface area contributed by atoms with Crippen molar-refractivity contribution in [3.05, 3.63) is 58.6 Å². The van der Waals surface area contributed by atoms with Gasteiger partial charge < -0.3 is 4.40 Å². The van der Waals surface area contributed by atoms with Gasteiger partial charge in [-0.25, -0.2) is 15.0 Å². The highest BCUT2D eigenvalue weighted by molar-refractivity contribution is 5.44. The molecule has 0 unspecified atom stereocenters. The van der Waals surface area contributed by atoms with E-state index in [-0.39, 0.29) is 0 Å². The standard InChI is InChI=1S/C20H25N5/c1-13(2)20-21-9-16-11-24(8-7-17(16)23-20)12-18-15(4)22-19-6-5-14(3)10-25(18)19/h5-6,9-10,13H,7-8,11-12H2,1-4H3. The molecule has 0 aliphatic carbocycles. The highest BCUT2D eigenvalue weighted by atomic mass is 15.2. The molecule has 0 radical (unpaired) electrons. The Bertz CT molecular complexity index is 925. The molecule has 4 heterocycles. The first-order chi connectivity index (χ1) is 12.0. The molecule has 0 spiro atoms. The van der Waals surface area contributed by atoms with Crippen molar-refractivity contribution < 1.29 is 0 Å². The van der Waals surface area contributed by atoms with Crippen LogP contribution in [0.3, 0.4) is 0 Å². The molecule has 4 rings (SSSR count). The van der Waals surface area contributed by atoms with Crippen LogP contribution in [-0.4, -0.2) is 30.8 Å². The van der Waals surface area contributed by atoms with Crippen molar-refractivity contribution in [2.75, 3.05) is 6.54 Å². The molecule has 0 bridgehead atoms.